The number of piperazine rings is 1. The predicted molar refractivity (Wildman–Crippen MR) is 67.2 cm³/mol. The quantitative estimate of drug-likeness (QED) is 0.847. The topological polar surface area (TPSA) is 39.6 Å². The summed E-state index contributed by atoms with van der Waals surface area (Å²) in [6, 6.07) is 0. The molecular weight excluding hydrogens is 222 g/mol. The molecule has 16 heavy (non-hydrogen) atoms. The Balaban J connectivity index is 1.88. The van der Waals surface area contributed by atoms with Gasteiger partial charge in [-0.2, -0.15) is 0 Å². The lowest BCUT2D eigenvalue weighted by Gasteiger charge is -2.34. The number of rotatable bonds is 4. The van der Waals surface area contributed by atoms with Crippen LogP contribution < -0.4 is 4.90 Å². The first-order chi connectivity index (χ1) is 7.83. The zero-order valence-corrected chi connectivity index (χ0v) is 10.5. The number of nitrogens with zero attached hydrogens (tertiary/aromatic N) is 3. The van der Waals surface area contributed by atoms with E-state index in [-0.39, 0.29) is 6.61 Å². The number of thiazole rings is 1. The molecule has 0 aliphatic carbocycles. The Labute approximate surface area is 101 Å². The Morgan fingerprint density at radius 2 is 2.12 bits per heavy atom. The molecule has 0 aromatic carbocycles. The van der Waals surface area contributed by atoms with E-state index >= 15 is 0 Å². The van der Waals surface area contributed by atoms with Gasteiger partial charge in [-0.05, 0) is 6.42 Å². The van der Waals surface area contributed by atoms with Crippen LogP contribution in [0, 0.1) is 0 Å². The number of aryl methyl sites for hydroxylation is 1. The molecule has 0 radical (unpaired) electrons. The standard InChI is InChI=1S/C11H19N3OS/c1-2-10-9-16-11(12-10)14-5-3-13(4-6-14)7-8-15/h9,15H,2-8H2,1H3. The Morgan fingerprint density at radius 1 is 1.38 bits per heavy atom. The number of aliphatic hydroxyl groups excluding tert-OH is 1. The van der Waals surface area contributed by atoms with Crippen LogP contribution in [0.15, 0.2) is 5.38 Å². The molecule has 1 aliphatic heterocycles. The molecule has 2 heterocycles. The summed E-state index contributed by atoms with van der Waals surface area (Å²) in [5, 5.41) is 12.2. The van der Waals surface area contributed by atoms with Crippen LogP contribution in [-0.4, -0.2) is 54.3 Å². The third-order valence-corrected chi connectivity index (χ3v) is 3.91. The molecule has 0 amide bonds. The number of aliphatic hydroxyl groups is 1. The van der Waals surface area contributed by atoms with E-state index in [0.29, 0.717) is 0 Å². The van der Waals surface area contributed by atoms with Crippen molar-refractivity contribution >= 4 is 16.5 Å². The van der Waals surface area contributed by atoms with Crippen molar-refractivity contribution in [3.8, 4) is 0 Å². The molecule has 5 heteroatoms. The molecule has 0 atom stereocenters. The predicted octanol–water partition coefficient (Wildman–Crippen LogP) is 0.820. The van der Waals surface area contributed by atoms with Gasteiger partial charge in [0.2, 0.25) is 0 Å². The molecule has 0 unspecified atom stereocenters. The Hall–Kier alpha value is -0.650. The van der Waals surface area contributed by atoms with Crippen molar-refractivity contribution in [2.75, 3.05) is 44.2 Å². The van der Waals surface area contributed by atoms with Crippen molar-refractivity contribution in [3.05, 3.63) is 11.1 Å². The molecule has 0 saturated carbocycles. The first kappa shape index (κ1) is 11.8. The van der Waals surface area contributed by atoms with Gasteiger partial charge in [-0.1, -0.05) is 6.92 Å². The molecule has 1 aliphatic rings. The number of β-amino-alcohol motifs (C(OH)–C–C–N with tert-alkyl or cyclic N) is 1. The molecule has 2 rings (SSSR count). The van der Waals surface area contributed by atoms with Gasteiger partial charge in [0.15, 0.2) is 5.13 Å². The normalized spacial score (nSPS) is 18.0. The van der Waals surface area contributed by atoms with E-state index < -0.39 is 0 Å². The van der Waals surface area contributed by atoms with Crippen LogP contribution in [0.25, 0.3) is 0 Å². The van der Waals surface area contributed by atoms with Crippen molar-refractivity contribution in [1.29, 1.82) is 0 Å². The first-order valence-corrected chi connectivity index (χ1v) is 6.74. The lowest BCUT2D eigenvalue weighted by atomic mass is 10.3. The fourth-order valence-electron chi connectivity index (χ4n) is 1.91. The highest BCUT2D eigenvalue weighted by atomic mass is 32.1. The molecule has 1 N–H and O–H groups in total. The molecule has 1 fully saturated rings. The summed E-state index contributed by atoms with van der Waals surface area (Å²) in [4.78, 5) is 9.24. The molecule has 0 bridgehead atoms. The minimum atomic E-state index is 0.261. The molecule has 90 valence electrons. The summed E-state index contributed by atoms with van der Waals surface area (Å²) in [6.07, 6.45) is 1.01. The molecule has 1 aromatic heterocycles. The average Bonchev–Trinajstić information content (AvgIpc) is 2.79. The summed E-state index contributed by atoms with van der Waals surface area (Å²) in [5.41, 5.74) is 1.19. The Kier molecular flexibility index (Phi) is 4.15. The average molecular weight is 241 g/mol. The highest BCUT2D eigenvalue weighted by Gasteiger charge is 2.18. The van der Waals surface area contributed by atoms with Crippen LogP contribution in [0.3, 0.4) is 0 Å². The fraction of sp³-hybridized carbons (Fsp3) is 0.727. The molecule has 0 spiro atoms. The third kappa shape index (κ3) is 2.72. The van der Waals surface area contributed by atoms with E-state index in [2.05, 4.69) is 27.1 Å². The van der Waals surface area contributed by atoms with E-state index in [4.69, 9.17) is 5.11 Å². The smallest absolute Gasteiger partial charge is 0.185 e. The lowest BCUT2D eigenvalue weighted by Crippen LogP contribution is -2.47. The van der Waals surface area contributed by atoms with Gasteiger partial charge in [0, 0.05) is 38.1 Å². The minimum Gasteiger partial charge on any atom is -0.395 e. The summed E-state index contributed by atoms with van der Waals surface area (Å²) in [7, 11) is 0. The van der Waals surface area contributed by atoms with Gasteiger partial charge < -0.3 is 10.0 Å². The first-order valence-electron chi connectivity index (χ1n) is 5.86. The second kappa shape index (κ2) is 5.61. The number of hydrogen-bond donors (Lipinski definition) is 1. The van der Waals surface area contributed by atoms with Crippen LogP contribution in [0.1, 0.15) is 12.6 Å². The largest absolute Gasteiger partial charge is 0.395 e. The maximum atomic E-state index is 8.87. The van der Waals surface area contributed by atoms with Gasteiger partial charge in [-0.25, -0.2) is 4.98 Å². The summed E-state index contributed by atoms with van der Waals surface area (Å²) in [5.74, 6) is 0. The number of hydrogen-bond acceptors (Lipinski definition) is 5. The van der Waals surface area contributed by atoms with E-state index in [1.54, 1.807) is 11.3 Å². The summed E-state index contributed by atoms with van der Waals surface area (Å²) >= 11 is 1.74. The summed E-state index contributed by atoms with van der Waals surface area (Å²) in [6.45, 7) is 7.30. The fourth-order valence-corrected chi connectivity index (χ4v) is 2.87. The monoisotopic (exact) mass is 241 g/mol. The van der Waals surface area contributed by atoms with E-state index in [9.17, 15) is 0 Å². The van der Waals surface area contributed by atoms with Crippen LogP contribution >= 0.6 is 11.3 Å². The van der Waals surface area contributed by atoms with Gasteiger partial charge in [0.1, 0.15) is 0 Å². The Bertz CT molecular complexity index is 321. The molecule has 4 nitrogen and oxygen atoms in total. The van der Waals surface area contributed by atoms with E-state index in [1.165, 1.54) is 5.69 Å². The van der Waals surface area contributed by atoms with Crippen LogP contribution in [0.2, 0.25) is 0 Å². The van der Waals surface area contributed by atoms with Crippen molar-refractivity contribution < 1.29 is 5.11 Å². The Morgan fingerprint density at radius 3 is 2.69 bits per heavy atom. The number of anilines is 1. The van der Waals surface area contributed by atoms with Crippen LogP contribution in [0.4, 0.5) is 5.13 Å². The SMILES string of the molecule is CCc1csc(N2CCN(CCO)CC2)n1. The second-order valence-electron chi connectivity index (χ2n) is 4.03. The molecular formula is C11H19N3OS. The van der Waals surface area contributed by atoms with Crippen molar-refractivity contribution in [2.24, 2.45) is 0 Å². The lowest BCUT2D eigenvalue weighted by molar-refractivity contribution is 0.189. The van der Waals surface area contributed by atoms with Crippen molar-refractivity contribution in [2.45, 2.75) is 13.3 Å². The zero-order chi connectivity index (χ0) is 11.4. The maximum absolute atomic E-state index is 8.87. The van der Waals surface area contributed by atoms with Crippen LogP contribution in [-0.2, 0) is 6.42 Å². The third-order valence-electron chi connectivity index (χ3n) is 2.96. The highest BCUT2D eigenvalue weighted by Crippen LogP contribution is 2.21. The second-order valence-corrected chi connectivity index (χ2v) is 4.86. The number of aromatic nitrogens is 1. The maximum Gasteiger partial charge on any atom is 0.185 e. The van der Waals surface area contributed by atoms with Gasteiger partial charge >= 0.3 is 0 Å². The minimum absolute atomic E-state index is 0.261. The highest BCUT2D eigenvalue weighted by molar-refractivity contribution is 7.13. The van der Waals surface area contributed by atoms with Gasteiger partial charge in [0.05, 0.1) is 12.3 Å². The van der Waals surface area contributed by atoms with Gasteiger partial charge in [0.25, 0.3) is 0 Å². The van der Waals surface area contributed by atoms with Crippen LogP contribution in [0.5, 0.6) is 0 Å². The summed E-state index contributed by atoms with van der Waals surface area (Å²) < 4.78 is 0. The van der Waals surface area contributed by atoms with E-state index in [1.807, 2.05) is 0 Å². The van der Waals surface area contributed by atoms with E-state index in [0.717, 1.165) is 44.3 Å². The molecule has 1 aromatic rings. The van der Waals surface area contributed by atoms with Crippen molar-refractivity contribution in [3.63, 3.8) is 0 Å². The van der Waals surface area contributed by atoms with Gasteiger partial charge in [-0.3, -0.25) is 4.90 Å². The molecule has 1 saturated heterocycles. The zero-order valence-electron chi connectivity index (χ0n) is 9.72. The van der Waals surface area contributed by atoms with Crippen molar-refractivity contribution in [1.82, 2.24) is 9.88 Å². The van der Waals surface area contributed by atoms with Gasteiger partial charge in [-0.15, -0.1) is 11.3 Å².